The first-order valence-corrected chi connectivity index (χ1v) is 11.1. The topological polar surface area (TPSA) is 68.3 Å². The van der Waals surface area contributed by atoms with Crippen LogP contribution in [0.2, 0.25) is 0 Å². The first kappa shape index (κ1) is 20.2. The van der Waals surface area contributed by atoms with Crippen LogP contribution in [0, 0.1) is 0 Å². The Morgan fingerprint density at radius 2 is 0.618 bits per heavy atom. The molecule has 2 aliphatic rings. The molecule has 4 nitrogen and oxygen atoms in total. The summed E-state index contributed by atoms with van der Waals surface area (Å²) in [5.74, 6) is -2.24. The van der Waals surface area contributed by atoms with Crippen LogP contribution in [0.25, 0.3) is 11.1 Å². The molecule has 6 rings (SSSR count). The number of hydrogen-bond donors (Lipinski definition) is 0. The van der Waals surface area contributed by atoms with Gasteiger partial charge in [-0.25, -0.2) is 0 Å². The molecule has 0 N–H and O–H groups in total. The van der Waals surface area contributed by atoms with Crippen molar-refractivity contribution in [2.24, 2.45) is 0 Å². The Morgan fingerprint density at radius 3 is 0.882 bits per heavy atom. The van der Waals surface area contributed by atoms with Crippen LogP contribution in [0.1, 0.15) is 64.4 Å². The van der Waals surface area contributed by atoms with E-state index in [4.69, 9.17) is 0 Å². The highest BCUT2D eigenvalue weighted by molar-refractivity contribution is 6.30. The summed E-state index contributed by atoms with van der Waals surface area (Å²) in [5, 5.41) is 0. The van der Waals surface area contributed by atoms with Crippen molar-refractivity contribution in [3.8, 4) is 11.1 Å². The van der Waals surface area contributed by atoms with Crippen molar-refractivity contribution in [2.45, 2.75) is 11.8 Å². The molecule has 0 bridgehead atoms. The molecule has 0 atom stereocenters. The lowest BCUT2D eigenvalue weighted by Gasteiger charge is -2.11. The van der Waals surface area contributed by atoms with E-state index in [1.165, 1.54) is 0 Å². The Hall–Kier alpha value is -4.44. The molecule has 0 fully saturated rings. The zero-order valence-corrected chi connectivity index (χ0v) is 18.0. The van der Waals surface area contributed by atoms with Crippen molar-refractivity contribution in [2.75, 3.05) is 0 Å². The largest absolute Gasteiger partial charge is 0.293 e. The van der Waals surface area contributed by atoms with Gasteiger partial charge in [-0.3, -0.25) is 19.2 Å². The number of hydrogen-bond acceptors (Lipinski definition) is 4. The minimum absolute atomic E-state index is 0.162. The van der Waals surface area contributed by atoms with Gasteiger partial charge < -0.3 is 0 Å². The average Bonchev–Trinajstić information content (AvgIpc) is 3.29. The molecular formula is C30H18O4. The molecule has 0 heterocycles. The Bertz CT molecular complexity index is 1320. The second-order valence-corrected chi connectivity index (χ2v) is 8.66. The zero-order chi connectivity index (χ0) is 23.4. The van der Waals surface area contributed by atoms with E-state index in [0.717, 1.165) is 11.1 Å². The summed E-state index contributed by atoms with van der Waals surface area (Å²) in [7, 11) is 0. The molecule has 0 unspecified atom stereocenters. The summed E-state index contributed by atoms with van der Waals surface area (Å²) in [4.78, 5) is 51.1. The number of Topliss-reactive ketones (excluding diaryl/α,β-unsaturated/α-hetero) is 4. The van der Waals surface area contributed by atoms with Gasteiger partial charge in [0.2, 0.25) is 0 Å². The third kappa shape index (κ3) is 2.92. The molecule has 0 aromatic heterocycles. The van der Waals surface area contributed by atoms with Crippen LogP contribution < -0.4 is 0 Å². The Labute approximate surface area is 195 Å². The lowest BCUT2D eigenvalue weighted by atomic mass is 9.91. The summed E-state index contributed by atoms with van der Waals surface area (Å²) < 4.78 is 0. The maximum atomic E-state index is 12.8. The molecule has 34 heavy (non-hydrogen) atoms. The number of carbonyl (C=O) groups is 4. The first-order valence-electron chi connectivity index (χ1n) is 11.1. The third-order valence-corrected chi connectivity index (χ3v) is 6.79. The highest BCUT2D eigenvalue weighted by atomic mass is 16.2. The van der Waals surface area contributed by atoms with Gasteiger partial charge in [-0.2, -0.15) is 0 Å². The van der Waals surface area contributed by atoms with Crippen LogP contribution in [-0.4, -0.2) is 23.1 Å². The summed E-state index contributed by atoms with van der Waals surface area (Å²) >= 11 is 0. The van der Waals surface area contributed by atoms with Gasteiger partial charge in [-0.05, 0) is 22.3 Å². The summed E-state index contributed by atoms with van der Waals surface area (Å²) in [6.45, 7) is 0. The Kier molecular flexibility index (Phi) is 4.49. The number of ketones is 4. The molecule has 0 aliphatic heterocycles. The molecule has 0 spiro atoms. The van der Waals surface area contributed by atoms with Crippen LogP contribution in [0.15, 0.2) is 97.1 Å². The Morgan fingerprint density at radius 1 is 0.353 bits per heavy atom. The minimum Gasteiger partial charge on any atom is -0.293 e. The van der Waals surface area contributed by atoms with Gasteiger partial charge in [0.15, 0.2) is 23.1 Å². The highest BCUT2D eigenvalue weighted by Gasteiger charge is 2.40. The van der Waals surface area contributed by atoms with Crippen molar-refractivity contribution in [1.29, 1.82) is 0 Å². The number of benzene rings is 4. The maximum absolute atomic E-state index is 12.8. The molecule has 0 radical (unpaired) electrons. The normalized spacial score (nSPS) is 15.6. The molecule has 4 heteroatoms. The summed E-state index contributed by atoms with van der Waals surface area (Å²) in [6, 6.07) is 28.7. The van der Waals surface area contributed by atoms with Crippen molar-refractivity contribution in [3.63, 3.8) is 0 Å². The van der Waals surface area contributed by atoms with Gasteiger partial charge in [0, 0.05) is 22.3 Å². The first-order chi connectivity index (χ1) is 16.5. The number of rotatable bonds is 3. The van der Waals surface area contributed by atoms with Gasteiger partial charge in [-0.1, -0.05) is 97.1 Å². The van der Waals surface area contributed by atoms with Crippen LogP contribution in [0.4, 0.5) is 0 Å². The number of carbonyl (C=O) groups excluding carboxylic acids is 4. The molecular weight excluding hydrogens is 424 g/mol. The predicted molar refractivity (Wildman–Crippen MR) is 128 cm³/mol. The van der Waals surface area contributed by atoms with Crippen LogP contribution in [0.3, 0.4) is 0 Å². The quantitative estimate of drug-likeness (QED) is 0.383. The summed E-state index contributed by atoms with van der Waals surface area (Å²) in [6.07, 6.45) is 0. The minimum atomic E-state index is -0.796. The van der Waals surface area contributed by atoms with E-state index in [2.05, 4.69) is 0 Å². The van der Waals surface area contributed by atoms with E-state index in [0.29, 0.717) is 33.4 Å². The van der Waals surface area contributed by atoms with E-state index in [-0.39, 0.29) is 23.1 Å². The van der Waals surface area contributed by atoms with Gasteiger partial charge in [0.25, 0.3) is 0 Å². The molecule has 0 saturated heterocycles. The van der Waals surface area contributed by atoms with Crippen LogP contribution in [-0.2, 0) is 0 Å². The molecule has 0 amide bonds. The molecule has 2 aliphatic carbocycles. The van der Waals surface area contributed by atoms with Gasteiger partial charge >= 0.3 is 0 Å². The van der Waals surface area contributed by atoms with E-state index < -0.39 is 11.8 Å². The van der Waals surface area contributed by atoms with E-state index >= 15 is 0 Å². The van der Waals surface area contributed by atoms with E-state index in [1.54, 1.807) is 48.5 Å². The number of fused-ring (bicyclic) bond motifs is 2. The average molecular weight is 442 g/mol. The van der Waals surface area contributed by atoms with Crippen LogP contribution in [0.5, 0.6) is 0 Å². The molecule has 4 aromatic carbocycles. The fraction of sp³-hybridized carbons (Fsp3) is 0.0667. The molecule has 4 aromatic rings. The predicted octanol–water partition coefficient (Wildman–Crippen LogP) is 5.68. The molecule has 162 valence electrons. The summed E-state index contributed by atoms with van der Waals surface area (Å²) in [5.41, 5.74) is 5.10. The SMILES string of the molecule is O=C1c2ccccc2C(=O)C1c1ccc(-c2ccc(C3C(=O)c4ccccc4C3=O)cc2)cc1. The second-order valence-electron chi connectivity index (χ2n) is 8.66. The zero-order valence-electron chi connectivity index (χ0n) is 18.0. The standard InChI is InChI=1S/C30H18O4/c31-27-21-5-1-2-6-22(21)28(32)25(27)19-13-9-17(10-14-19)18-11-15-20(16-12-18)26-29(33)23-7-3-4-8-24(23)30(26)34/h1-16,25-26H. The second kappa shape index (κ2) is 7.56. The van der Waals surface area contributed by atoms with Gasteiger partial charge in [0.1, 0.15) is 11.8 Å². The monoisotopic (exact) mass is 442 g/mol. The van der Waals surface area contributed by atoms with E-state index in [9.17, 15) is 19.2 Å². The van der Waals surface area contributed by atoms with Crippen molar-refractivity contribution in [3.05, 3.63) is 130 Å². The van der Waals surface area contributed by atoms with Crippen molar-refractivity contribution >= 4 is 23.1 Å². The Balaban J connectivity index is 1.25. The molecule has 0 saturated carbocycles. The van der Waals surface area contributed by atoms with Crippen molar-refractivity contribution in [1.82, 2.24) is 0 Å². The van der Waals surface area contributed by atoms with Gasteiger partial charge in [-0.15, -0.1) is 0 Å². The van der Waals surface area contributed by atoms with Gasteiger partial charge in [0.05, 0.1) is 0 Å². The van der Waals surface area contributed by atoms with Crippen molar-refractivity contribution < 1.29 is 19.2 Å². The maximum Gasteiger partial charge on any atom is 0.178 e. The third-order valence-electron chi connectivity index (χ3n) is 6.79. The smallest absolute Gasteiger partial charge is 0.178 e. The lowest BCUT2D eigenvalue weighted by Crippen LogP contribution is -2.12. The fourth-order valence-corrected chi connectivity index (χ4v) is 5.03. The fourth-order valence-electron chi connectivity index (χ4n) is 5.03. The van der Waals surface area contributed by atoms with Crippen LogP contribution >= 0.6 is 0 Å². The van der Waals surface area contributed by atoms with E-state index in [1.807, 2.05) is 48.5 Å². The highest BCUT2D eigenvalue weighted by Crippen LogP contribution is 2.36. The lowest BCUT2D eigenvalue weighted by molar-refractivity contribution is 0.0874.